The molecular weight excluding hydrogens is 366 g/mol. The first kappa shape index (κ1) is 22.5. The minimum Gasteiger partial charge on any atom is -0.490 e. The number of hydrogen-bond acceptors (Lipinski definition) is 5. The maximum atomic E-state index is 5.90. The third kappa shape index (κ3) is 6.66. The van der Waals surface area contributed by atoms with E-state index in [4.69, 9.17) is 14.3 Å². The van der Waals surface area contributed by atoms with Crippen LogP contribution in [-0.2, 0) is 18.3 Å². The highest BCUT2D eigenvalue weighted by Crippen LogP contribution is 2.23. The number of hydrogen-bond donors (Lipinski definition) is 0. The third-order valence-corrected chi connectivity index (χ3v) is 4.76. The summed E-state index contributed by atoms with van der Waals surface area (Å²) in [5.41, 5.74) is 5.45. The van der Waals surface area contributed by atoms with Crippen LogP contribution in [0.1, 0.15) is 49.1 Å². The van der Waals surface area contributed by atoms with Crippen molar-refractivity contribution in [3.63, 3.8) is 0 Å². The number of benzene rings is 1. The predicted octanol–water partition coefficient (Wildman–Crippen LogP) is 4.76. The number of aryl methyl sites for hydroxylation is 3. The van der Waals surface area contributed by atoms with E-state index in [2.05, 4.69) is 36.2 Å². The Morgan fingerprint density at radius 1 is 1.14 bits per heavy atom. The number of rotatable bonds is 11. The quantitative estimate of drug-likeness (QED) is 0.236. The Labute approximate surface area is 174 Å². The summed E-state index contributed by atoms with van der Waals surface area (Å²) in [7, 11) is 3.39. The van der Waals surface area contributed by atoms with Crippen LogP contribution >= 0.6 is 0 Å². The number of oxime groups is 1. The van der Waals surface area contributed by atoms with Crippen LogP contribution in [0.15, 0.2) is 35.5 Å². The van der Waals surface area contributed by atoms with Gasteiger partial charge in [-0.3, -0.25) is 0 Å². The molecule has 0 unspecified atom stereocenters. The lowest BCUT2D eigenvalue weighted by Crippen LogP contribution is -2.04. The Balaban J connectivity index is 1.83. The molecule has 1 aromatic heterocycles. The average molecular weight is 400 g/mol. The van der Waals surface area contributed by atoms with Crippen molar-refractivity contribution < 1.29 is 14.3 Å². The Hall–Kier alpha value is -2.76. The van der Waals surface area contributed by atoms with Crippen molar-refractivity contribution in [2.24, 2.45) is 12.2 Å². The minimum atomic E-state index is 0.610. The summed E-state index contributed by atoms with van der Waals surface area (Å²) in [4.78, 5) is 4.80. The summed E-state index contributed by atoms with van der Waals surface area (Å²) in [6.07, 6.45) is 7.08. The molecule has 0 spiro atoms. The van der Waals surface area contributed by atoms with Gasteiger partial charge in [0.05, 0.1) is 6.61 Å². The van der Waals surface area contributed by atoms with Gasteiger partial charge >= 0.3 is 0 Å². The molecule has 0 aliphatic heterocycles. The van der Waals surface area contributed by atoms with Gasteiger partial charge in [0, 0.05) is 13.1 Å². The normalized spacial score (nSPS) is 11.9. The first-order valence-corrected chi connectivity index (χ1v) is 10.0. The zero-order valence-electron chi connectivity index (χ0n) is 18.5. The van der Waals surface area contributed by atoms with E-state index in [-0.39, 0.29) is 0 Å². The van der Waals surface area contributed by atoms with Gasteiger partial charge in [-0.2, -0.15) is 5.10 Å². The lowest BCUT2D eigenvalue weighted by Gasteiger charge is -2.13. The number of unbranched alkanes of at least 4 members (excludes halogenated alkanes) is 1. The van der Waals surface area contributed by atoms with Gasteiger partial charge in [-0.05, 0) is 75.8 Å². The maximum Gasteiger partial charge on any atom is 0.212 e. The molecule has 2 rings (SSSR count). The van der Waals surface area contributed by atoms with Gasteiger partial charge in [-0.25, -0.2) is 4.68 Å². The van der Waals surface area contributed by atoms with E-state index < -0.39 is 0 Å². The second-order valence-corrected chi connectivity index (χ2v) is 7.07. The Bertz CT molecular complexity index is 830. The van der Waals surface area contributed by atoms with Crippen LogP contribution in [0.5, 0.6) is 11.6 Å². The van der Waals surface area contributed by atoms with E-state index in [9.17, 15) is 0 Å². The Morgan fingerprint density at radius 3 is 2.52 bits per heavy atom. The highest BCUT2D eigenvalue weighted by molar-refractivity contribution is 5.96. The number of aromatic nitrogens is 2. The molecule has 0 N–H and O–H groups in total. The van der Waals surface area contributed by atoms with Gasteiger partial charge < -0.3 is 14.3 Å². The fraction of sp³-hybridized carbons (Fsp3) is 0.478. The molecule has 0 aliphatic rings. The lowest BCUT2D eigenvalue weighted by molar-refractivity contribution is 0.213. The molecule has 0 bridgehead atoms. The van der Waals surface area contributed by atoms with Crippen LogP contribution in [0, 0.1) is 13.8 Å². The molecule has 0 radical (unpaired) electrons. The van der Waals surface area contributed by atoms with Crippen molar-refractivity contribution in [1.29, 1.82) is 0 Å². The second-order valence-electron chi connectivity index (χ2n) is 7.07. The summed E-state index contributed by atoms with van der Waals surface area (Å²) in [6.45, 7) is 9.43. The van der Waals surface area contributed by atoms with Gasteiger partial charge in [-0.15, -0.1) is 0 Å². The van der Waals surface area contributed by atoms with E-state index in [1.807, 2.05) is 39.1 Å². The molecule has 2 aromatic rings. The molecule has 1 heterocycles. The number of ether oxygens (including phenoxy) is 2. The number of allylic oxidation sites excluding steroid dienone is 1. The van der Waals surface area contributed by atoms with Crippen LogP contribution in [-0.4, -0.2) is 35.8 Å². The van der Waals surface area contributed by atoms with Crippen molar-refractivity contribution in [3.05, 3.63) is 52.7 Å². The highest BCUT2D eigenvalue weighted by Gasteiger charge is 2.10. The molecule has 0 saturated carbocycles. The van der Waals surface area contributed by atoms with Crippen LogP contribution in [0.4, 0.5) is 0 Å². The lowest BCUT2D eigenvalue weighted by atomic mass is 9.97. The molecule has 0 atom stereocenters. The monoisotopic (exact) mass is 399 g/mol. The van der Waals surface area contributed by atoms with E-state index in [1.54, 1.807) is 4.68 Å². The fourth-order valence-corrected chi connectivity index (χ4v) is 3.20. The fourth-order valence-electron chi connectivity index (χ4n) is 3.20. The molecular formula is C23H33N3O3. The zero-order valence-corrected chi connectivity index (χ0v) is 18.5. The first-order chi connectivity index (χ1) is 14.0. The maximum absolute atomic E-state index is 5.90. The SMILES string of the molecule is C/C=C/COc1cc(C)c(CCCCOc2cc(C(C)=NOC)nn2C)c(C)c1. The van der Waals surface area contributed by atoms with Gasteiger partial charge in [-0.1, -0.05) is 17.3 Å². The van der Waals surface area contributed by atoms with Crippen molar-refractivity contribution in [2.75, 3.05) is 20.3 Å². The predicted molar refractivity (Wildman–Crippen MR) is 117 cm³/mol. The Morgan fingerprint density at radius 2 is 1.86 bits per heavy atom. The summed E-state index contributed by atoms with van der Waals surface area (Å²) in [5, 5.41) is 8.31. The summed E-state index contributed by atoms with van der Waals surface area (Å²) in [5.74, 6) is 1.67. The van der Waals surface area contributed by atoms with Crippen molar-refractivity contribution in [1.82, 2.24) is 9.78 Å². The molecule has 29 heavy (non-hydrogen) atoms. The summed E-state index contributed by atoms with van der Waals surface area (Å²) >= 11 is 0. The second kappa shape index (κ2) is 11.3. The van der Waals surface area contributed by atoms with Crippen LogP contribution < -0.4 is 9.47 Å². The minimum absolute atomic E-state index is 0.610. The van der Waals surface area contributed by atoms with E-state index in [0.717, 1.165) is 42.3 Å². The first-order valence-electron chi connectivity index (χ1n) is 10.0. The molecule has 0 saturated heterocycles. The molecule has 158 valence electrons. The molecule has 0 aliphatic carbocycles. The van der Waals surface area contributed by atoms with Gasteiger partial charge in [0.1, 0.15) is 30.9 Å². The molecule has 0 amide bonds. The van der Waals surface area contributed by atoms with Gasteiger partial charge in [0.2, 0.25) is 5.88 Å². The van der Waals surface area contributed by atoms with Crippen LogP contribution in [0.3, 0.4) is 0 Å². The average Bonchev–Trinajstić information content (AvgIpc) is 3.04. The molecule has 1 aromatic carbocycles. The Kier molecular flexibility index (Phi) is 8.77. The molecule has 6 nitrogen and oxygen atoms in total. The van der Waals surface area contributed by atoms with Crippen molar-refractivity contribution in [3.8, 4) is 11.6 Å². The van der Waals surface area contributed by atoms with E-state index in [1.165, 1.54) is 23.8 Å². The van der Waals surface area contributed by atoms with Crippen LogP contribution in [0.2, 0.25) is 0 Å². The highest BCUT2D eigenvalue weighted by atomic mass is 16.6. The smallest absolute Gasteiger partial charge is 0.212 e. The van der Waals surface area contributed by atoms with Gasteiger partial charge in [0.15, 0.2) is 0 Å². The van der Waals surface area contributed by atoms with Crippen molar-refractivity contribution >= 4 is 5.71 Å². The third-order valence-electron chi connectivity index (χ3n) is 4.76. The topological polar surface area (TPSA) is 57.9 Å². The zero-order chi connectivity index (χ0) is 21.2. The number of nitrogens with zero attached hydrogens (tertiary/aromatic N) is 3. The van der Waals surface area contributed by atoms with E-state index >= 15 is 0 Å². The summed E-state index contributed by atoms with van der Waals surface area (Å²) < 4.78 is 13.4. The largest absolute Gasteiger partial charge is 0.490 e. The summed E-state index contributed by atoms with van der Waals surface area (Å²) in [6, 6.07) is 6.14. The standard InChI is InChI=1S/C23H33N3O3/c1-7-8-12-28-20-14-17(2)21(18(3)15-20)11-9-10-13-29-23-16-22(24-26(23)5)19(4)25-27-6/h7-8,14-16H,9-13H2,1-6H3/b8-7+,25-19?. The van der Waals surface area contributed by atoms with Crippen molar-refractivity contribution in [2.45, 2.75) is 47.0 Å². The van der Waals surface area contributed by atoms with E-state index in [0.29, 0.717) is 13.2 Å². The van der Waals surface area contributed by atoms with Gasteiger partial charge in [0.25, 0.3) is 0 Å². The van der Waals surface area contributed by atoms with Crippen LogP contribution in [0.25, 0.3) is 0 Å². The molecule has 0 fully saturated rings. The molecule has 6 heteroatoms.